The lowest BCUT2D eigenvalue weighted by atomic mass is 9.77. The van der Waals surface area contributed by atoms with E-state index in [0.29, 0.717) is 0 Å². The van der Waals surface area contributed by atoms with Crippen molar-refractivity contribution in [3.8, 4) is 0 Å². The topological polar surface area (TPSA) is 0 Å². The molecule has 0 aromatic heterocycles. The van der Waals surface area contributed by atoms with Crippen LogP contribution < -0.4 is 5.46 Å². The van der Waals surface area contributed by atoms with Gasteiger partial charge in [-0.1, -0.05) is 29.8 Å². The number of halogens is 4. The van der Waals surface area contributed by atoms with Crippen LogP contribution in [0.3, 0.4) is 0 Å². The summed E-state index contributed by atoms with van der Waals surface area (Å²) in [5, 5.41) is 0. The highest BCUT2D eigenvalue weighted by atomic mass is 35.5. The molecule has 1 aromatic carbocycles. The lowest BCUT2D eigenvalue weighted by molar-refractivity contribution is 0.500. The average Bonchev–Trinajstić information content (AvgIpc) is 2.03. The quantitative estimate of drug-likeness (QED) is 0.500. The molecule has 0 radical (unpaired) electrons. The molecule has 1 rings (SSSR count). The number of rotatable bonds is 2. The Bertz CT molecular complexity index is 272. The highest BCUT2D eigenvalue weighted by molar-refractivity contribution is 6.74. The van der Waals surface area contributed by atoms with Crippen LogP contribution in [0.5, 0.6) is 0 Å². The second-order valence-electron chi connectivity index (χ2n) is 2.41. The first-order chi connectivity index (χ1) is 5.55. The fourth-order valence-electron chi connectivity index (χ4n) is 0.975. The van der Waals surface area contributed by atoms with Gasteiger partial charge in [-0.2, -0.15) is 0 Å². The molecule has 0 bridgehead atoms. The van der Waals surface area contributed by atoms with Gasteiger partial charge in [0.1, 0.15) is 0 Å². The Hall–Kier alpha value is -0.635. The molecule has 66 valence electrons. The predicted octanol–water partition coefficient (Wildman–Crippen LogP) is 2.48. The zero-order valence-electron chi connectivity index (χ0n) is 6.11. The molecule has 0 amide bonds. The Morgan fingerprint density at radius 2 is 1.75 bits per heavy atom. The van der Waals surface area contributed by atoms with Crippen LogP contribution in [0.4, 0.5) is 12.9 Å². The van der Waals surface area contributed by atoms with Gasteiger partial charge >= 0.3 is 6.98 Å². The van der Waals surface area contributed by atoms with Gasteiger partial charge in [0, 0.05) is 5.88 Å². The van der Waals surface area contributed by atoms with Crippen LogP contribution in [0.15, 0.2) is 24.3 Å². The molecule has 0 spiro atoms. The number of hydrogen-bond acceptors (Lipinski definition) is 0. The van der Waals surface area contributed by atoms with E-state index in [0.717, 1.165) is 6.07 Å². The molecule has 1 aromatic rings. The molecule has 12 heavy (non-hydrogen) atoms. The van der Waals surface area contributed by atoms with E-state index in [9.17, 15) is 12.9 Å². The van der Waals surface area contributed by atoms with E-state index in [2.05, 4.69) is 0 Å². The fraction of sp³-hybridized carbons (Fsp3) is 0.143. The fourth-order valence-corrected chi connectivity index (χ4v) is 1.22. The second kappa shape index (κ2) is 3.39. The van der Waals surface area contributed by atoms with Crippen LogP contribution in [-0.2, 0) is 5.88 Å². The maximum Gasteiger partial charge on any atom is 0.509 e. The molecular weight excluding hydrogens is 187 g/mol. The smallest absolute Gasteiger partial charge is 0.445 e. The Balaban J connectivity index is 3.14. The minimum atomic E-state index is -4.92. The summed E-state index contributed by atoms with van der Waals surface area (Å²) in [4.78, 5) is 0. The van der Waals surface area contributed by atoms with Crippen molar-refractivity contribution in [2.24, 2.45) is 0 Å². The molecule has 0 atom stereocenters. The van der Waals surface area contributed by atoms with Crippen molar-refractivity contribution in [2.75, 3.05) is 0 Å². The molecular formula is C7H6BClF3-. The Kier molecular flexibility index (Phi) is 2.67. The molecule has 0 unspecified atom stereocenters. The molecule has 0 aliphatic rings. The van der Waals surface area contributed by atoms with Gasteiger partial charge in [0.2, 0.25) is 0 Å². The molecule has 0 saturated carbocycles. The lowest BCUT2D eigenvalue weighted by Gasteiger charge is -2.17. The van der Waals surface area contributed by atoms with Crippen molar-refractivity contribution >= 4 is 24.0 Å². The summed E-state index contributed by atoms with van der Waals surface area (Å²) in [6.45, 7) is -4.92. The van der Waals surface area contributed by atoms with Crippen LogP contribution in [-0.4, -0.2) is 6.98 Å². The van der Waals surface area contributed by atoms with Gasteiger partial charge in [0.05, 0.1) is 0 Å². The normalized spacial score (nSPS) is 11.7. The molecule has 0 fully saturated rings. The largest absolute Gasteiger partial charge is 0.509 e. The first-order valence-electron chi connectivity index (χ1n) is 3.39. The van der Waals surface area contributed by atoms with Crippen molar-refractivity contribution in [2.45, 2.75) is 5.88 Å². The van der Waals surface area contributed by atoms with Crippen molar-refractivity contribution < 1.29 is 12.9 Å². The Labute approximate surface area is 73.4 Å². The molecule has 0 N–H and O–H groups in total. The van der Waals surface area contributed by atoms with Crippen molar-refractivity contribution in [3.63, 3.8) is 0 Å². The molecule has 5 heteroatoms. The highest BCUT2D eigenvalue weighted by Gasteiger charge is 2.27. The summed E-state index contributed by atoms with van der Waals surface area (Å²) < 4.78 is 36.7. The number of hydrogen-bond donors (Lipinski definition) is 0. The average molecular weight is 193 g/mol. The minimum Gasteiger partial charge on any atom is -0.445 e. The van der Waals surface area contributed by atoms with Crippen molar-refractivity contribution in [3.05, 3.63) is 29.8 Å². The summed E-state index contributed by atoms with van der Waals surface area (Å²) in [6, 6.07) is 5.35. The van der Waals surface area contributed by atoms with E-state index in [1.165, 1.54) is 12.1 Å². The van der Waals surface area contributed by atoms with Gasteiger partial charge in [-0.3, -0.25) is 0 Å². The van der Waals surface area contributed by atoms with E-state index in [1.807, 2.05) is 0 Å². The summed E-state index contributed by atoms with van der Waals surface area (Å²) >= 11 is 5.35. The minimum absolute atomic E-state index is 0.0998. The van der Waals surface area contributed by atoms with Crippen LogP contribution in [0, 0.1) is 0 Å². The third-order valence-corrected chi connectivity index (χ3v) is 1.84. The molecule has 0 aliphatic carbocycles. The predicted molar refractivity (Wildman–Crippen MR) is 44.7 cm³/mol. The van der Waals surface area contributed by atoms with Gasteiger partial charge in [0.15, 0.2) is 0 Å². The summed E-state index contributed by atoms with van der Waals surface area (Å²) in [6.07, 6.45) is 0. The molecule has 0 heterocycles. The first kappa shape index (κ1) is 9.45. The highest BCUT2D eigenvalue weighted by Crippen LogP contribution is 2.13. The Morgan fingerprint density at radius 1 is 1.17 bits per heavy atom. The first-order valence-corrected chi connectivity index (χ1v) is 3.93. The lowest BCUT2D eigenvalue weighted by Crippen LogP contribution is -2.36. The summed E-state index contributed by atoms with van der Waals surface area (Å²) in [7, 11) is 0. The number of benzene rings is 1. The van der Waals surface area contributed by atoms with E-state index in [4.69, 9.17) is 11.6 Å². The van der Waals surface area contributed by atoms with E-state index in [-0.39, 0.29) is 11.4 Å². The third kappa shape index (κ3) is 1.94. The van der Waals surface area contributed by atoms with Gasteiger partial charge in [-0.15, -0.1) is 17.1 Å². The maximum absolute atomic E-state index is 12.2. The van der Waals surface area contributed by atoms with E-state index >= 15 is 0 Å². The number of alkyl halides is 1. The molecule has 0 saturated heterocycles. The third-order valence-electron chi connectivity index (χ3n) is 1.55. The van der Waals surface area contributed by atoms with Gasteiger partial charge < -0.3 is 12.9 Å². The monoisotopic (exact) mass is 193 g/mol. The molecule has 0 aliphatic heterocycles. The maximum atomic E-state index is 12.2. The van der Waals surface area contributed by atoms with E-state index in [1.54, 1.807) is 6.07 Å². The van der Waals surface area contributed by atoms with Crippen molar-refractivity contribution in [1.82, 2.24) is 0 Å². The standard InChI is InChI=1S/C7H6BClF3/c9-5-6-3-1-2-4-7(6)8(10,11)12/h1-4H,5H2/q-1. The van der Waals surface area contributed by atoms with Gasteiger partial charge in [-0.25, -0.2) is 0 Å². The summed E-state index contributed by atoms with van der Waals surface area (Å²) in [5.74, 6) is -0.0998. The van der Waals surface area contributed by atoms with Gasteiger partial charge in [0.25, 0.3) is 0 Å². The SMILES string of the molecule is F[B-](F)(F)c1ccccc1CCl. The van der Waals surface area contributed by atoms with Crippen LogP contribution in [0.25, 0.3) is 0 Å². The molecule has 0 nitrogen and oxygen atoms in total. The van der Waals surface area contributed by atoms with Gasteiger partial charge in [-0.05, 0) is 0 Å². The van der Waals surface area contributed by atoms with Crippen LogP contribution >= 0.6 is 11.6 Å². The van der Waals surface area contributed by atoms with E-state index < -0.39 is 12.4 Å². The van der Waals surface area contributed by atoms with Crippen molar-refractivity contribution in [1.29, 1.82) is 0 Å². The Morgan fingerprint density at radius 3 is 2.17 bits per heavy atom. The second-order valence-corrected chi connectivity index (χ2v) is 2.67. The van der Waals surface area contributed by atoms with Crippen LogP contribution in [0.1, 0.15) is 5.56 Å². The zero-order valence-corrected chi connectivity index (χ0v) is 6.86. The van der Waals surface area contributed by atoms with Crippen LogP contribution in [0.2, 0.25) is 0 Å². The summed E-state index contributed by atoms with van der Waals surface area (Å²) in [5.41, 5.74) is -0.445. The zero-order chi connectivity index (χ0) is 9.19.